The summed E-state index contributed by atoms with van der Waals surface area (Å²) in [6.45, 7) is 4.93. The lowest BCUT2D eigenvalue weighted by molar-refractivity contribution is 0.537. The van der Waals surface area contributed by atoms with E-state index in [0.29, 0.717) is 17.8 Å². The number of hydrogen-bond donors (Lipinski definition) is 0. The van der Waals surface area contributed by atoms with Gasteiger partial charge in [0, 0.05) is 32.0 Å². The van der Waals surface area contributed by atoms with Gasteiger partial charge in [-0.25, -0.2) is 0 Å². The minimum absolute atomic E-state index is 0.225. The minimum atomic E-state index is 0.225. The van der Waals surface area contributed by atoms with Crippen molar-refractivity contribution < 1.29 is 0 Å². The molecule has 8 aromatic rings. The second-order valence-electron chi connectivity index (χ2n) is 17.4. The first-order valence-corrected chi connectivity index (χ1v) is 22.5. The molecular weight excluding hydrogens is 729 g/mol. The molecular formula is C58H46S. The number of allylic oxidation sites excluding steroid dienone is 8. The molecule has 1 heterocycles. The Bertz CT molecular complexity index is 3160. The van der Waals surface area contributed by atoms with E-state index in [0.717, 1.165) is 12.8 Å². The number of hydrogen-bond acceptors (Lipinski definition) is 1. The summed E-state index contributed by atoms with van der Waals surface area (Å²) < 4.78 is 2.72. The van der Waals surface area contributed by atoms with Gasteiger partial charge >= 0.3 is 0 Å². The third kappa shape index (κ3) is 5.55. The predicted molar refractivity (Wildman–Crippen MR) is 254 cm³/mol. The first-order chi connectivity index (χ1) is 29.1. The van der Waals surface area contributed by atoms with Crippen LogP contribution in [0.4, 0.5) is 0 Å². The Morgan fingerprint density at radius 1 is 0.508 bits per heavy atom. The highest BCUT2D eigenvalue weighted by Gasteiger charge is 2.36. The molecule has 0 nitrogen and oxygen atoms in total. The van der Waals surface area contributed by atoms with E-state index in [2.05, 4.69) is 184 Å². The monoisotopic (exact) mass is 774 g/mol. The standard InChI is InChI=1S/C58H46S/c1-35-44-28-26-40(31-52(44)46-18-8-10-21-49(46)56(35)38-15-4-3-5-16-38)41-27-29-45-36(2)57(50-22-11-9-19-47(50)53(45)32-41)43-33-51(42-25-24-37-14-6-7-17-39(37)30-42)58-54(34-43)48-20-12-13-23-55(48)59-58/h3-4,6-9,11-15,17-20,22-36,56-57H,5,10,16,21H2,1-2H3. The van der Waals surface area contributed by atoms with Gasteiger partial charge in [-0.2, -0.15) is 0 Å². The Kier molecular flexibility index (Phi) is 8.17. The third-order valence-corrected chi connectivity index (χ3v) is 15.5. The SMILES string of the molecule is CC1c2ccc(-c3ccc4c(c3)-c3ccccc3C(c3cc(-c5ccc6ccccc6c5)c5sc6ccccc6c5c3)C4C)cc2C2=C(CCC=C2)C1C1=CC=CCC1. The minimum Gasteiger partial charge on any atom is -0.135 e. The Labute approximate surface area is 351 Å². The van der Waals surface area contributed by atoms with Crippen LogP contribution in [0.2, 0.25) is 0 Å². The van der Waals surface area contributed by atoms with E-state index in [4.69, 9.17) is 0 Å². The van der Waals surface area contributed by atoms with Crippen molar-refractivity contribution in [2.45, 2.75) is 57.3 Å². The van der Waals surface area contributed by atoms with Crippen molar-refractivity contribution in [3.05, 3.63) is 209 Å². The molecule has 0 fully saturated rings. The van der Waals surface area contributed by atoms with Crippen LogP contribution in [0.15, 0.2) is 181 Å². The van der Waals surface area contributed by atoms with Crippen molar-refractivity contribution in [3.63, 3.8) is 0 Å². The summed E-state index contributed by atoms with van der Waals surface area (Å²) in [4.78, 5) is 0. The van der Waals surface area contributed by atoms with Crippen LogP contribution in [0.3, 0.4) is 0 Å². The Morgan fingerprint density at radius 2 is 1.24 bits per heavy atom. The number of fused-ring (bicyclic) bond motifs is 9. The molecule has 0 amide bonds. The van der Waals surface area contributed by atoms with Gasteiger partial charge in [0.1, 0.15) is 0 Å². The van der Waals surface area contributed by atoms with Gasteiger partial charge in [0.15, 0.2) is 0 Å². The second kappa shape index (κ2) is 13.8. The van der Waals surface area contributed by atoms with Gasteiger partial charge in [-0.3, -0.25) is 0 Å². The molecule has 12 rings (SSSR count). The maximum absolute atomic E-state index is 2.53. The van der Waals surface area contributed by atoms with Crippen LogP contribution in [0, 0.1) is 5.92 Å². The van der Waals surface area contributed by atoms with E-state index >= 15 is 0 Å². The molecule has 4 unspecified atom stereocenters. The van der Waals surface area contributed by atoms with Crippen molar-refractivity contribution in [3.8, 4) is 33.4 Å². The Morgan fingerprint density at radius 3 is 2.10 bits per heavy atom. The van der Waals surface area contributed by atoms with Crippen molar-refractivity contribution in [2.75, 3.05) is 0 Å². The van der Waals surface area contributed by atoms with E-state index in [1.54, 1.807) is 11.1 Å². The lowest BCUT2D eigenvalue weighted by Crippen LogP contribution is -2.23. The predicted octanol–water partition coefficient (Wildman–Crippen LogP) is 16.6. The van der Waals surface area contributed by atoms with Crippen molar-refractivity contribution in [1.82, 2.24) is 0 Å². The van der Waals surface area contributed by atoms with E-state index < -0.39 is 0 Å². The molecule has 0 radical (unpaired) electrons. The smallest absolute Gasteiger partial charge is 0.0434 e. The summed E-state index contributed by atoms with van der Waals surface area (Å²) in [5.41, 5.74) is 19.9. The Balaban J connectivity index is 0.977. The Hall–Kier alpha value is -6.02. The van der Waals surface area contributed by atoms with Crippen LogP contribution < -0.4 is 0 Å². The van der Waals surface area contributed by atoms with Crippen molar-refractivity contribution >= 4 is 47.9 Å². The van der Waals surface area contributed by atoms with Crippen LogP contribution in [0.5, 0.6) is 0 Å². The number of thiophene rings is 1. The lowest BCUT2D eigenvalue weighted by Gasteiger charge is -2.38. The summed E-state index contributed by atoms with van der Waals surface area (Å²) in [5.74, 6) is 1.51. The van der Waals surface area contributed by atoms with Gasteiger partial charge < -0.3 is 0 Å². The molecule has 0 saturated carbocycles. The summed E-state index contributed by atoms with van der Waals surface area (Å²) in [6.07, 6.45) is 16.5. The fourth-order valence-electron chi connectivity index (χ4n) is 11.4. The van der Waals surface area contributed by atoms with Crippen LogP contribution >= 0.6 is 11.3 Å². The average Bonchev–Trinajstić information content (AvgIpc) is 3.67. The zero-order valence-electron chi connectivity index (χ0n) is 33.7. The number of benzene rings is 7. The summed E-state index contributed by atoms with van der Waals surface area (Å²) in [5, 5.41) is 5.28. The van der Waals surface area contributed by atoms with Crippen LogP contribution in [0.25, 0.3) is 69.9 Å². The normalized spacial score (nSPS) is 20.7. The highest BCUT2D eigenvalue weighted by molar-refractivity contribution is 7.26. The molecule has 0 saturated heterocycles. The number of rotatable bonds is 4. The maximum Gasteiger partial charge on any atom is 0.0434 e. The van der Waals surface area contributed by atoms with Crippen molar-refractivity contribution in [1.29, 1.82) is 0 Å². The van der Waals surface area contributed by atoms with Gasteiger partial charge in [-0.05, 0) is 151 Å². The summed E-state index contributed by atoms with van der Waals surface area (Å²) >= 11 is 1.93. The van der Waals surface area contributed by atoms with E-state index in [9.17, 15) is 0 Å². The molecule has 1 heteroatoms. The third-order valence-electron chi connectivity index (χ3n) is 14.2. The van der Waals surface area contributed by atoms with Gasteiger partial charge in [0.2, 0.25) is 0 Å². The van der Waals surface area contributed by atoms with E-state index in [-0.39, 0.29) is 5.92 Å². The van der Waals surface area contributed by atoms with Gasteiger partial charge in [-0.15, -0.1) is 11.3 Å². The second-order valence-corrected chi connectivity index (χ2v) is 18.5. The van der Waals surface area contributed by atoms with Crippen molar-refractivity contribution in [2.24, 2.45) is 5.92 Å². The fraction of sp³-hybridized carbons (Fsp3) is 0.172. The van der Waals surface area contributed by atoms with Crippen LogP contribution in [-0.4, -0.2) is 0 Å². The van der Waals surface area contributed by atoms with Crippen LogP contribution in [0.1, 0.15) is 85.1 Å². The summed E-state index contributed by atoms with van der Waals surface area (Å²) in [7, 11) is 0. The molecule has 0 N–H and O–H groups in total. The highest BCUT2D eigenvalue weighted by Crippen LogP contribution is 2.54. The fourth-order valence-corrected chi connectivity index (χ4v) is 12.7. The average molecular weight is 775 g/mol. The highest BCUT2D eigenvalue weighted by atomic mass is 32.1. The molecule has 1 aromatic heterocycles. The summed E-state index contributed by atoms with van der Waals surface area (Å²) in [6, 6.07) is 53.7. The molecule has 59 heavy (non-hydrogen) atoms. The first-order valence-electron chi connectivity index (χ1n) is 21.7. The first kappa shape index (κ1) is 35.0. The van der Waals surface area contributed by atoms with E-state index in [1.165, 1.54) is 111 Å². The quantitative estimate of drug-likeness (QED) is 0.167. The molecule has 4 aliphatic rings. The maximum atomic E-state index is 2.53. The molecule has 0 aliphatic heterocycles. The van der Waals surface area contributed by atoms with Gasteiger partial charge in [0.05, 0.1) is 0 Å². The molecule has 4 atom stereocenters. The van der Waals surface area contributed by atoms with E-state index in [1.807, 2.05) is 11.3 Å². The molecule has 0 bridgehead atoms. The molecule has 0 spiro atoms. The van der Waals surface area contributed by atoms with Gasteiger partial charge in [0.25, 0.3) is 0 Å². The largest absolute Gasteiger partial charge is 0.135 e. The molecule has 284 valence electrons. The lowest BCUT2D eigenvalue weighted by atomic mass is 9.65. The van der Waals surface area contributed by atoms with Gasteiger partial charge in [-0.1, -0.05) is 159 Å². The topological polar surface area (TPSA) is 0 Å². The van der Waals surface area contributed by atoms with Crippen LogP contribution in [-0.2, 0) is 0 Å². The zero-order valence-corrected chi connectivity index (χ0v) is 34.5. The molecule has 4 aliphatic carbocycles. The molecule has 7 aromatic carbocycles. The zero-order chi connectivity index (χ0) is 39.2.